The first-order valence-electron chi connectivity index (χ1n) is 6.32. The van der Waals surface area contributed by atoms with E-state index in [4.69, 9.17) is 6.42 Å². The van der Waals surface area contributed by atoms with Crippen molar-refractivity contribution in [1.29, 1.82) is 0 Å². The highest BCUT2D eigenvalue weighted by molar-refractivity contribution is 5.76. The van der Waals surface area contributed by atoms with Crippen molar-refractivity contribution in [2.45, 2.75) is 38.3 Å². The predicted molar refractivity (Wildman–Crippen MR) is 69.6 cm³/mol. The van der Waals surface area contributed by atoms with Crippen molar-refractivity contribution in [2.75, 3.05) is 26.7 Å². The summed E-state index contributed by atoms with van der Waals surface area (Å²) < 4.78 is 0. The molecule has 0 saturated carbocycles. The van der Waals surface area contributed by atoms with Crippen molar-refractivity contribution < 1.29 is 4.79 Å². The van der Waals surface area contributed by atoms with Crippen LogP contribution in [-0.4, -0.2) is 49.6 Å². The Bertz CT molecular complexity index is 285. The van der Waals surface area contributed by atoms with E-state index in [1.165, 1.54) is 0 Å². The number of nitrogens with one attached hydrogen (secondary N) is 2. The Morgan fingerprint density at radius 2 is 2.41 bits per heavy atom. The smallest absolute Gasteiger partial charge is 0.220 e. The molecule has 96 valence electrons. The van der Waals surface area contributed by atoms with Gasteiger partial charge in [0.15, 0.2) is 0 Å². The van der Waals surface area contributed by atoms with Crippen LogP contribution in [0.5, 0.6) is 0 Å². The van der Waals surface area contributed by atoms with Crippen molar-refractivity contribution in [2.24, 2.45) is 0 Å². The van der Waals surface area contributed by atoms with Crippen molar-refractivity contribution in [3.8, 4) is 12.3 Å². The van der Waals surface area contributed by atoms with E-state index in [0.29, 0.717) is 19.0 Å². The number of carbonyl (C=O) groups excluding carboxylic acids is 1. The van der Waals surface area contributed by atoms with Gasteiger partial charge in [-0.05, 0) is 26.4 Å². The summed E-state index contributed by atoms with van der Waals surface area (Å²) >= 11 is 0. The molecule has 4 nitrogen and oxygen atoms in total. The predicted octanol–water partition coefficient (Wildman–Crippen LogP) is 0.198. The third-order valence-corrected chi connectivity index (χ3v) is 3.18. The van der Waals surface area contributed by atoms with Crippen LogP contribution >= 0.6 is 0 Å². The summed E-state index contributed by atoms with van der Waals surface area (Å²) in [4.78, 5) is 13.8. The second-order valence-electron chi connectivity index (χ2n) is 4.60. The zero-order valence-electron chi connectivity index (χ0n) is 10.8. The highest BCUT2D eigenvalue weighted by atomic mass is 16.1. The number of terminal acetylenes is 1. The summed E-state index contributed by atoms with van der Waals surface area (Å²) in [5.41, 5.74) is 0. The molecule has 0 bridgehead atoms. The van der Waals surface area contributed by atoms with Gasteiger partial charge in [0.25, 0.3) is 0 Å². The molecule has 0 spiro atoms. The van der Waals surface area contributed by atoms with Crippen LogP contribution in [0.2, 0.25) is 0 Å². The second kappa shape index (κ2) is 7.31. The van der Waals surface area contributed by atoms with E-state index in [0.717, 1.165) is 25.9 Å². The van der Waals surface area contributed by atoms with Gasteiger partial charge in [-0.15, -0.1) is 6.42 Å². The van der Waals surface area contributed by atoms with Crippen LogP contribution in [0.3, 0.4) is 0 Å². The SMILES string of the molecule is C#CCN(C)C1CCNC[C@@H]1NC(=O)CCC. The lowest BCUT2D eigenvalue weighted by molar-refractivity contribution is -0.122. The highest BCUT2D eigenvalue weighted by Gasteiger charge is 2.28. The zero-order chi connectivity index (χ0) is 12.7. The normalized spacial score (nSPS) is 24.4. The van der Waals surface area contributed by atoms with Crippen molar-refractivity contribution in [3.05, 3.63) is 0 Å². The third kappa shape index (κ3) is 4.37. The first-order valence-corrected chi connectivity index (χ1v) is 6.32. The summed E-state index contributed by atoms with van der Waals surface area (Å²) in [6.07, 6.45) is 7.84. The molecule has 17 heavy (non-hydrogen) atoms. The third-order valence-electron chi connectivity index (χ3n) is 3.18. The summed E-state index contributed by atoms with van der Waals surface area (Å²) in [7, 11) is 2.02. The molecule has 0 aromatic rings. The Balaban J connectivity index is 2.53. The van der Waals surface area contributed by atoms with Crippen LogP contribution < -0.4 is 10.6 Å². The van der Waals surface area contributed by atoms with E-state index in [9.17, 15) is 4.79 Å². The maximum absolute atomic E-state index is 11.6. The number of carbonyl (C=O) groups is 1. The highest BCUT2D eigenvalue weighted by Crippen LogP contribution is 2.11. The Labute approximate surface area is 104 Å². The first kappa shape index (κ1) is 14.0. The van der Waals surface area contributed by atoms with Crippen LogP contribution in [0.15, 0.2) is 0 Å². The maximum Gasteiger partial charge on any atom is 0.220 e. The summed E-state index contributed by atoms with van der Waals surface area (Å²) in [6, 6.07) is 0.509. The molecule has 1 rings (SSSR count). The molecule has 0 radical (unpaired) electrons. The molecule has 1 fully saturated rings. The molecule has 1 aliphatic heterocycles. The van der Waals surface area contributed by atoms with Crippen LogP contribution in [0.1, 0.15) is 26.2 Å². The lowest BCUT2D eigenvalue weighted by atomic mass is 9.99. The molecule has 1 heterocycles. The quantitative estimate of drug-likeness (QED) is 0.671. The molecule has 1 saturated heterocycles. The molecule has 0 aromatic heterocycles. The Morgan fingerprint density at radius 1 is 1.65 bits per heavy atom. The molecule has 1 aliphatic rings. The fourth-order valence-corrected chi connectivity index (χ4v) is 2.29. The van der Waals surface area contributed by atoms with Crippen molar-refractivity contribution in [1.82, 2.24) is 15.5 Å². The minimum Gasteiger partial charge on any atom is -0.351 e. The van der Waals surface area contributed by atoms with E-state index in [1.54, 1.807) is 0 Å². The van der Waals surface area contributed by atoms with Crippen molar-refractivity contribution >= 4 is 5.91 Å². The van der Waals surface area contributed by atoms with Gasteiger partial charge in [-0.25, -0.2) is 0 Å². The second-order valence-corrected chi connectivity index (χ2v) is 4.60. The maximum atomic E-state index is 11.6. The van der Waals surface area contributed by atoms with Crippen LogP contribution in [0.25, 0.3) is 0 Å². The number of hydrogen-bond donors (Lipinski definition) is 2. The zero-order valence-corrected chi connectivity index (χ0v) is 10.8. The summed E-state index contributed by atoms with van der Waals surface area (Å²) in [5.74, 6) is 2.80. The van der Waals surface area contributed by atoms with Gasteiger partial charge in [0.1, 0.15) is 0 Å². The van der Waals surface area contributed by atoms with Gasteiger partial charge in [-0.3, -0.25) is 9.69 Å². The van der Waals surface area contributed by atoms with E-state index in [1.807, 2.05) is 14.0 Å². The average molecular weight is 237 g/mol. The lowest BCUT2D eigenvalue weighted by Gasteiger charge is -2.38. The van der Waals surface area contributed by atoms with Crippen LogP contribution in [0, 0.1) is 12.3 Å². The van der Waals surface area contributed by atoms with Gasteiger partial charge in [0.2, 0.25) is 5.91 Å². The molecular formula is C13H23N3O. The molecule has 1 amide bonds. The van der Waals surface area contributed by atoms with Gasteiger partial charge in [0, 0.05) is 19.0 Å². The van der Waals surface area contributed by atoms with E-state index in [-0.39, 0.29) is 11.9 Å². The minimum atomic E-state index is 0.139. The number of hydrogen-bond acceptors (Lipinski definition) is 3. The lowest BCUT2D eigenvalue weighted by Crippen LogP contribution is -2.59. The Hall–Kier alpha value is -1.05. The number of amides is 1. The van der Waals surface area contributed by atoms with Crippen LogP contribution in [-0.2, 0) is 4.79 Å². The van der Waals surface area contributed by atoms with Gasteiger partial charge >= 0.3 is 0 Å². The van der Waals surface area contributed by atoms with Gasteiger partial charge in [-0.1, -0.05) is 12.8 Å². The number of rotatable bonds is 5. The average Bonchev–Trinajstić information content (AvgIpc) is 2.30. The standard InChI is InChI=1S/C13H23N3O/c1-4-6-13(17)15-11-10-14-8-7-12(11)16(3)9-5-2/h2,11-12,14H,4,6-10H2,1,3H3,(H,15,17)/t11-,12?/m0/s1. The van der Waals surface area contributed by atoms with Gasteiger partial charge in [0.05, 0.1) is 12.6 Å². The van der Waals surface area contributed by atoms with E-state index < -0.39 is 0 Å². The monoisotopic (exact) mass is 237 g/mol. The molecule has 0 aromatic carbocycles. The summed E-state index contributed by atoms with van der Waals surface area (Å²) in [5, 5.41) is 6.41. The molecular weight excluding hydrogens is 214 g/mol. The molecule has 4 heteroatoms. The largest absolute Gasteiger partial charge is 0.351 e. The van der Waals surface area contributed by atoms with Gasteiger partial charge < -0.3 is 10.6 Å². The van der Waals surface area contributed by atoms with Gasteiger partial charge in [-0.2, -0.15) is 0 Å². The number of piperidine rings is 1. The topological polar surface area (TPSA) is 44.4 Å². The first-order chi connectivity index (χ1) is 8.19. The molecule has 2 N–H and O–H groups in total. The number of likely N-dealkylation sites (N-methyl/N-ethyl adjacent to an activating group) is 1. The fourth-order valence-electron chi connectivity index (χ4n) is 2.29. The molecule has 2 atom stereocenters. The summed E-state index contributed by atoms with van der Waals surface area (Å²) in [6.45, 7) is 4.46. The van der Waals surface area contributed by atoms with Crippen LogP contribution in [0.4, 0.5) is 0 Å². The van der Waals surface area contributed by atoms with E-state index in [2.05, 4.69) is 21.5 Å². The Morgan fingerprint density at radius 3 is 3.06 bits per heavy atom. The van der Waals surface area contributed by atoms with Crippen molar-refractivity contribution in [3.63, 3.8) is 0 Å². The minimum absolute atomic E-state index is 0.139. The van der Waals surface area contributed by atoms with E-state index >= 15 is 0 Å². The molecule has 0 aliphatic carbocycles. The Kier molecular flexibility index (Phi) is 6.03. The number of nitrogens with zero attached hydrogens (tertiary/aromatic N) is 1. The molecule has 1 unspecified atom stereocenters. The fraction of sp³-hybridized carbons (Fsp3) is 0.769.